The van der Waals surface area contributed by atoms with Gasteiger partial charge in [-0.15, -0.1) is 0 Å². The fourth-order valence-electron chi connectivity index (χ4n) is 1.93. The van der Waals surface area contributed by atoms with Gasteiger partial charge in [0.2, 0.25) is 0 Å². The molecule has 0 aliphatic heterocycles. The molecular formula is C14H22O2. The Bertz CT molecular complexity index is 356. The Morgan fingerprint density at radius 2 is 1.88 bits per heavy atom. The fraction of sp³-hybridized carbons (Fsp3) is 0.571. The highest BCUT2D eigenvalue weighted by Gasteiger charge is 2.14. The van der Waals surface area contributed by atoms with Crippen molar-refractivity contribution in [2.24, 2.45) is 0 Å². The molecule has 0 radical (unpaired) electrons. The van der Waals surface area contributed by atoms with Gasteiger partial charge in [0.15, 0.2) is 0 Å². The number of aryl methyl sites for hydroxylation is 1. The highest BCUT2D eigenvalue weighted by atomic mass is 16.5. The van der Waals surface area contributed by atoms with Crippen molar-refractivity contribution in [1.29, 1.82) is 0 Å². The summed E-state index contributed by atoms with van der Waals surface area (Å²) in [5, 5.41) is 9.20. The van der Waals surface area contributed by atoms with Crippen molar-refractivity contribution < 1.29 is 9.84 Å². The van der Waals surface area contributed by atoms with E-state index in [2.05, 4.69) is 32.9 Å². The summed E-state index contributed by atoms with van der Waals surface area (Å²) in [7, 11) is 1.71. The Balaban J connectivity index is 3.28. The van der Waals surface area contributed by atoms with Crippen LogP contribution in [0.5, 0.6) is 5.75 Å². The van der Waals surface area contributed by atoms with E-state index in [0.717, 1.165) is 11.3 Å². The van der Waals surface area contributed by atoms with Crippen LogP contribution in [0.25, 0.3) is 0 Å². The third kappa shape index (κ3) is 2.56. The number of methoxy groups -OCH3 is 1. The standard InChI is InChI=1S/C14H22O2/c1-9(2)13-7-12(11(4)8-15)6-10(3)14(13)16-5/h6-7,9,11,15H,8H2,1-5H3. The summed E-state index contributed by atoms with van der Waals surface area (Å²) in [6.07, 6.45) is 0. The summed E-state index contributed by atoms with van der Waals surface area (Å²) in [5.41, 5.74) is 3.55. The molecule has 0 aliphatic rings. The summed E-state index contributed by atoms with van der Waals surface area (Å²) in [5.74, 6) is 1.59. The molecule has 16 heavy (non-hydrogen) atoms. The van der Waals surface area contributed by atoms with Gasteiger partial charge < -0.3 is 9.84 Å². The van der Waals surface area contributed by atoms with E-state index in [1.165, 1.54) is 11.1 Å². The molecular weight excluding hydrogens is 200 g/mol. The predicted octanol–water partition coefficient (Wildman–Crippen LogP) is 3.22. The second kappa shape index (κ2) is 5.35. The molecule has 0 heterocycles. The first kappa shape index (κ1) is 13.0. The van der Waals surface area contributed by atoms with Crippen molar-refractivity contribution in [2.75, 3.05) is 13.7 Å². The van der Waals surface area contributed by atoms with Crippen LogP contribution < -0.4 is 4.74 Å². The normalized spacial score (nSPS) is 12.9. The number of hydrogen-bond donors (Lipinski definition) is 1. The highest BCUT2D eigenvalue weighted by molar-refractivity contribution is 5.46. The van der Waals surface area contributed by atoms with E-state index in [4.69, 9.17) is 4.74 Å². The van der Waals surface area contributed by atoms with Crippen molar-refractivity contribution in [3.8, 4) is 5.75 Å². The molecule has 90 valence electrons. The lowest BCUT2D eigenvalue weighted by Gasteiger charge is -2.18. The number of ether oxygens (including phenoxy) is 1. The SMILES string of the molecule is COc1c(C)cc(C(C)CO)cc1C(C)C. The second-order valence-corrected chi connectivity index (χ2v) is 4.70. The monoisotopic (exact) mass is 222 g/mol. The van der Waals surface area contributed by atoms with Crippen LogP contribution in [0.3, 0.4) is 0 Å². The van der Waals surface area contributed by atoms with Gasteiger partial charge in [-0.1, -0.05) is 32.9 Å². The molecule has 0 aromatic heterocycles. The van der Waals surface area contributed by atoms with E-state index in [1.807, 2.05) is 6.92 Å². The van der Waals surface area contributed by atoms with Crippen molar-refractivity contribution in [3.05, 3.63) is 28.8 Å². The van der Waals surface area contributed by atoms with Gasteiger partial charge in [0.25, 0.3) is 0 Å². The molecule has 0 bridgehead atoms. The molecule has 0 aliphatic carbocycles. The predicted molar refractivity (Wildman–Crippen MR) is 67.3 cm³/mol. The van der Waals surface area contributed by atoms with Crippen LogP contribution >= 0.6 is 0 Å². The third-order valence-corrected chi connectivity index (χ3v) is 2.99. The number of aliphatic hydroxyl groups excluding tert-OH is 1. The van der Waals surface area contributed by atoms with E-state index in [0.29, 0.717) is 5.92 Å². The van der Waals surface area contributed by atoms with Gasteiger partial charge in [0, 0.05) is 12.5 Å². The number of hydrogen-bond acceptors (Lipinski definition) is 2. The average molecular weight is 222 g/mol. The lowest BCUT2D eigenvalue weighted by molar-refractivity contribution is 0.273. The van der Waals surface area contributed by atoms with Crippen molar-refractivity contribution >= 4 is 0 Å². The molecule has 0 amide bonds. The lowest BCUT2D eigenvalue weighted by atomic mass is 9.92. The molecule has 1 N–H and O–H groups in total. The van der Waals surface area contributed by atoms with Crippen LogP contribution in [-0.2, 0) is 0 Å². The van der Waals surface area contributed by atoms with Gasteiger partial charge >= 0.3 is 0 Å². The van der Waals surface area contributed by atoms with Crippen LogP contribution in [-0.4, -0.2) is 18.8 Å². The molecule has 1 aromatic rings. The Morgan fingerprint density at radius 1 is 1.25 bits per heavy atom. The molecule has 0 saturated carbocycles. The van der Waals surface area contributed by atoms with E-state index in [-0.39, 0.29) is 12.5 Å². The van der Waals surface area contributed by atoms with Gasteiger partial charge in [-0.25, -0.2) is 0 Å². The molecule has 1 aromatic carbocycles. The molecule has 2 heteroatoms. The maximum Gasteiger partial charge on any atom is 0.125 e. The smallest absolute Gasteiger partial charge is 0.125 e. The summed E-state index contributed by atoms with van der Waals surface area (Å²) in [4.78, 5) is 0. The maximum absolute atomic E-state index is 9.20. The third-order valence-electron chi connectivity index (χ3n) is 2.99. The average Bonchev–Trinajstić information content (AvgIpc) is 2.26. The topological polar surface area (TPSA) is 29.5 Å². The molecule has 1 unspecified atom stereocenters. The minimum atomic E-state index is 0.183. The fourth-order valence-corrected chi connectivity index (χ4v) is 1.93. The lowest BCUT2D eigenvalue weighted by Crippen LogP contribution is -2.04. The first-order valence-electron chi connectivity index (χ1n) is 5.80. The second-order valence-electron chi connectivity index (χ2n) is 4.70. The van der Waals surface area contributed by atoms with Crippen molar-refractivity contribution in [2.45, 2.75) is 39.5 Å². The minimum Gasteiger partial charge on any atom is -0.496 e. The Hall–Kier alpha value is -1.02. The van der Waals surface area contributed by atoms with Crippen LogP contribution in [0.1, 0.15) is 49.3 Å². The van der Waals surface area contributed by atoms with Gasteiger partial charge in [0.1, 0.15) is 5.75 Å². The molecule has 2 nitrogen and oxygen atoms in total. The van der Waals surface area contributed by atoms with Crippen LogP contribution in [0.4, 0.5) is 0 Å². The molecule has 0 spiro atoms. The summed E-state index contributed by atoms with van der Waals surface area (Å²) < 4.78 is 5.44. The Morgan fingerprint density at radius 3 is 2.31 bits per heavy atom. The largest absolute Gasteiger partial charge is 0.496 e. The first-order chi connectivity index (χ1) is 7.51. The van der Waals surface area contributed by atoms with Crippen LogP contribution in [0.2, 0.25) is 0 Å². The summed E-state index contributed by atoms with van der Waals surface area (Å²) in [6.45, 7) is 8.59. The maximum atomic E-state index is 9.20. The number of benzene rings is 1. The van der Waals surface area contributed by atoms with Gasteiger partial charge in [-0.2, -0.15) is 0 Å². The van der Waals surface area contributed by atoms with E-state index < -0.39 is 0 Å². The summed E-state index contributed by atoms with van der Waals surface area (Å²) in [6, 6.07) is 4.25. The molecule has 1 rings (SSSR count). The molecule has 1 atom stereocenters. The highest BCUT2D eigenvalue weighted by Crippen LogP contribution is 2.33. The Labute approximate surface area is 98.3 Å². The van der Waals surface area contributed by atoms with E-state index in [1.54, 1.807) is 7.11 Å². The van der Waals surface area contributed by atoms with E-state index in [9.17, 15) is 5.11 Å². The molecule has 0 fully saturated rings. The zero-order valence-corrected chi connectivity index (χ0v) is 10.9. The Kier molecular flexibility index (Phi) is 4.36. The van der Waals surface area contributed by atoms with E-state index >= 15 is 0 Å². The number of aliphatic hydroxyl groups is 1. The first-order valence-corrected chi connectivity index (χ1v) is 5.80. The van der Waals surface area contributed by atoms with Crippen LogP contribution in [0.15, 0.2) is 12.1 Å². The summed E-state index contributed by atoms with van der Waals surface area (Å²) >= 11 is 0. The molecule has 0 saturated heterocycles. The quantitative estimate of drug-likeness (QED) is 0.847. The number of rotatable bonds is 4. The zero-order valence-electron chi connectivity index (χ0n) is 10.9. The van der Waals surface area contributed by atoms with Gasteiger partial charge in [-0.3, -0.25) is 0 Å². The van der Waals surface area contributed by atoms with Crippen molar-refractivity contribution in [3.63, 3.8) is 0 Å². The minimum absolute atomic E-state index is 0.183. The van der Waals surface area contributed by atoms with Gasteiger partial charge in [-0.05, 0) is 29.5 Å². The van der Waals surface area contributed by atoms with Gasteiger partial charge in [0.05, 0.1) is 7.11 Å². The zero-order chi connectivity index (χ0) is 12.3. The van der Waals surface area contributed by atoms with Crippen molar-refractivity contribution in [1.82, 2.24) is 0 Å². The van der Waals surface area contributed by atoms with Crippen LogP contribution in [0, 0.1) is 6.92 Å².